The minimum atomic E-state index is -3.76. The van der Waals surface area contributed by atoms with Gasteiger partial charge in [-0.05, 0) is 19.1 Å². The van der Waals surface area contributed by atoms with E-state index in [1.54, 1.807) is 28.8 Å². The van der Waals surface area contributed by atoms with E-state index in [4.69, 9.17) is 4.98 Å². The van der Waals surface area contributed by atoms with Gasteiger partial charge >= 0.3 is 0 Å². The zero-order chi connectivity index (χ0) is 20.4. The molecule has 4 aromatic rings. The standard InChI is InChI=1S/C23H21N3O2S/c1-17-13-15-20(16-14-17)29(27,28)25-23-21(18-9-5-3-6-10-18)24-22(26(23)2)19-11-7-4-8-12-19/h3-16,25H,1-2H3. The number of anilines is 1. The Morgan fingerprint density at radius 1 is 0.793 bits per heavy atom. The van der Waals surface area contributed by atoms with Gasteiger partial charge in [-0.2, -0.15) is 0 Å². The molecule has 1 aromatic heterocycles. The van der Waals surface area contributed by atoms with E-state index in [0.717, 1.165) is 16.7 Å². The molecule has 0 aliphatic carbocycles. The Balaban J connectivity index is 1.85. The fraction of sp³-hybridized carbons (Fsp3) is 0.0870. The van der Waals surface area contributed by atoms with Gasteiger partial charge in [0.05, 0.1) is 4.90 Å². The van der Waals surface area contributed by atoms with Gasteiger partial charge in [-0.3, -0.25) is 4.72 Å². The van der Waals surface area contributed by atoms with Gasteiger partial charge in [0.1, 0.15) is 17.3 Å². The summed E-state index contributed by atoms with van der Waals surface area (Å²) in [5, 5.41) is 0. The molecule has 0 bridgehead atoms. The fourth-order valence-electron chi connectivity index (χ4n) is 3.16. The summed E-state index contributed by atoms with van der Waals surface area (Å²) < 4.78 is 30.6. The SMILES string of the molecule is Cc1ccc(S(=O)(=O)Nc2c(-c3ccccc3)nc(-c3ccccc3)n2C)cc1. The van der Waals surface area contributed by atoms with Gasteiger partial charge in [0.25, 0.3) is 10.0 Å². The summed E-state index contributed by atoms with van der Waals surface area (Å²) in [6.07, 6.45) is 0. The Morgan fingerprint density at radius 2 is 1.34 bits per heavy atom. The predicted molar refractivity (Wildman–Crippen MR) is 116 cm³/mol. The number of hydrogen-bond acceptors (Lipinski definition) is 3. The third-order valence-electron chi connectivity index (χ3n) is 4.74. The van der Waals surface area contributed by atoms with Gasteiger partial charge in [-0.1, -0.05) is 78.4 Å². The molecule has 4 rings (SSSR count). The summed E-state index contributed by atoms with van der Waals surface area (Å²) in [5.41, 5.74) is 3.34. The van der Waals surface area contributed by atoms with Crippen molar-refractivity contribution in [3.05, 3.63) is 90.5 Å². The van der Waals surface area contributed by atoms with E-state index < -0.39 is 10.0 Å². The van der Waals surface area contributed by atoms with Crippen LogP contribution in [-0.2, 0) is 17.1 Å². The van der Waals surface area contributed by atoms with Gasteiger partial charge < -0.3 is 4.57 Å². The first kappa shape index (κ1) is 19.0. The molecule has 146 valence electrons. The van der Waals surface area contributed by atoms with Crippen LogP contribution in [0.2, 0.25) is 0 Å². The lowest BCUT2D eigenvalue weighted by molar-refractivity contribution is 0.600. The number of imidazole rings is 1. The van der Waals surface area contributed by atoms with Crippen LogP contribution in [0, 0.1) is 6.92 Å². The first-order chi connectivity index (χ1) is 14.0. The quantitative estimate of drug-likeness (QED) is 0.517. The monoisotopic (exact) mass is 403 g/mol. The maximum atomic E-state index is 13.0. The predicted octanol–water partition coefficient (Wildman–Crippen LogP) is 4.86. The maximum absolute atomic E-state index is 13.0. The number of aryl methyl sites for hydroxylation is 1. The van der Waals surface area contributed by atoms with E-state index in [-0.39, 0.29) is 4.90 Å². The highest BCUT2D eigenvalue weighted by molar-refractivity contribution is 7.92. The Bertz CT molecular complexity index is 1230. The van der Waals surface area contributed by atoms with E-state index in [0.29, 0.717) is 17.3 Å². The molecule has 0 radical (unpaired) electrons. The Kier molecular flexibility index (Phi) is 4.94. The average molecular weight is 404 g/mol. The third kappa shape index (κ3) is 3.79. The minimum absolute atomic E-state index is 0.213. The molecule has 1 N–H and O–H groups in total. The van der Waals surface area contributed by atoms with Crippen molar-refractivity contribution in [2.75, 3.05) is 4.72 Å². The van der Waals surface area contributed by atoms with Crippen LogP contribution in [-0.4, -0.2) is 18.0 Å². The molecule has 0 unspecified atom stereocenters. The Hall–Kier alpha value is -3.38. The normalized spacial score (nSPS) is 11.4. The molecule has 3 aromatic carbocycles. The second-order valence-corrected chi connectivity index (χ2v) is 8.52. The second kappa shape index (κ2) is 7.56. The summed E-state index contributed by atoms with van der Waals surface area (Å²) in [6, 6.07) is 26.1. The number of sulfonamides is 1. The van der Waals surface area contributed by atoms with Crippen LogP contribution >= 0.6 is 0 Å². The van der Waals surface area contributed by atoms with Gasteiger partial charge in [-0.25, -0.2) is 13.4 Å². The first-order valence-corrected chi connectivity index (χ1v) is 10.7. The van der Waals surface area contributed by atoms with Crippen LogP contribution in [0.5, 0.6) is 0 Å². The number of nitrogens with zero attached hydrogens (tertiary/aromatic N) is 2. The number of hydrogen-bond donors (Lipinski definition) is 1. The third-order valence-corrected chi connectivity index (χ3v) is 6.09. The maximum Gasteiger partial charge on any atom is 0.263 e. The van der Waals surface area contributed by atoms with Crippen molar-refractivity contribution in [1.29, 1.82) is 0 Å². The van der Waals surface area contributed by atoms with Crippen LogP contribution in [0.25, 0.3) is 22.6 Å². The van der Waals surface area contributed by atoms with Crippen molar-refractivity contribution in [2.24, 2.45) is 7.05 Å². The molecular weight excluding hydrogens is 382 g/mol. The average Bonchev–Trinajstić information content (AvgIpc) is 3.05. The lowest BCUT2D eigenvalue weighted by Crippen LogP contribution is -2.16. The number of benzene rings is 3. The van der Waals surface area contributed by atoms with Crippen molar-refractivity contribution in [1.82, 2.24) is 9.55 Å². The molecule has 0 amide bonds. The highest BCUT2D eigenvalue weighted by atomic mass is 32.2. The van der Waals surface area contributed by atoms with Crippen molar-refractivity contribution in [3.8, 4) is 22.6 Å². The van der Waals surface area contributed by atoms with Crippen LogP contribution in [0.4, 0.5) is 5.82 Å². The van der Waals surface area contributed by atoms with Crippen LogP contribution in [0.3, 0.4) is 0 Å². The number of nitrogens with one attached hydrogen (secondary N) is 1. The van der Waals surface area contributed by atoms with Crippen molar-refractivity contribution in [2.45, 2.75) is 11.8 Å². The molecule has 0 aliphatic rings. The van der Waals surface area contributed by atoms with Gasteiger partial charge in [0.2, 0.25) is 0 Å². The van der Waals surface area contributed by atoms with Crippen LogP contribution < -0.4 is 4.72 Å². The number of rotatable bonds is 5. The molecule has 0 aliphatic heterocycles. The second-order valence-electron chi connectivity index (χ2n) is 6.84. The molecule has 1 heterocycles. The molecule has 0 saturated heterocycles. The Morgan fingerprint density at radius 3 is 1.93 bits per heavy atom. The largest absolute Gasteiger partial charge is 0.313 e. The van der Waals surface area contributed by atoms with E-state index in [1.165, 1.54) is 0 Å². The molecule has 0 spiro atoms. The van der Waals surface area contributed by atoms with Crippen LogP contribution in [0.15, 0.2) is 89.8 Å². The summed E-state index contributed by atoms with van der Waals surface area (Å²) in [4.78, 5) is 4.99. The molecule has 5 nitrogen and oxygen atoms in total. The molecule has 0 atom stereocenters. The molecular formula is C23H21N3O2S. The van der Waals surface area contributed by atoms with E-state index in [2.05, 4.69) is 4.72 Å². The molecule has 29 heavy (non-hydrogen) atoms. The van der Waals surface area contributed by atoms with Gasteiger partial charge in [0, 0.05) is 18.2 Å². The summed E-state index contributed by atoms with van der Waals surface area (Å²) >= 11 is 0. The zero-order valence-electron chi connectivity index (χ0n) is 16.2. The first-order valence-electron chi connectivity index (χ1n) is 9.23. The summed E-state index contributed by atoms with van der Waals surface area (Å²) in [6.45, 7) is 1.92. The van der Waals surface area contributed by atoms with E-state index >= 15 is 0 Å². The smallest absolute Gasteiger partial charge is 0.263 e. The van der Waals surface area contributed by atoms with E-state index in [9.17, 15) is 8.42 Å². The minimum Gasteiger partial charge on any atom is -0.313 e. The highest BCUT2D eigenvalue weighted by Crippen LogP contribution is 2.33. The van der Waals surface area contributed by atoms with Crippen LogP contribution in [0.1, 0.15) is 5.56 Å². The van der Waals surface area contributed by atoms with Crippen molar-refractivity contribution in [3.63, 3.8) is 0 Å². The fourth-order valence-corrected chi connectivity index (χ4v) is 4.26. The molecule has 0 fully saturated rings. The van der Waals surface area contributed by atoms with E-state index in [1.807, 2.05) is 74.6 Å². The van der Waals surface area contributed by atoms with Gasteiger partial charge in [-0.15, -0.1) is 0 Å². The summed E-state index contributed by atoms with van der Waals surface area (Å²) in [5.74, 6) is 1.11. The Labute approximate surface area is 170 Å². The van der Waals surface area contributed by atoms with Gasteiger partial charge in [0.15, 0.2) is 0 Å². The number of aromatic nitrogens is 2. The zero-order valence-corrected chi connectivity index (χ0v) is 17.0. The lowest BCUT2D eigenvalue weighted by Gasteiger charge is -2.12. The molecule has 0 saturated carbocycles. The van der Waals surface area contributed by atoms with Crippen molar-refractivity contribution >= 4 is 15.8 Å². The summed E-state index contributed by atoms with van der Waals surface area (Å²) in [7, 11) is -1.95. The highest BCUT2D eigenvalue weighted by Gasteiger charge is 2.23. The van der Waals surface area contributed by atoms with Crippen molar-refractivity contribution < 1.29 is 8.42 Å². The molecule has 6 heteroatoms. The topological polar surface area (TPSA) is 64.0 Å². The lowest BCUT2D eigenvalue weighted by atomic mass is 10.1.